The molecule has 1 fully saturated rings. The Morgan fingerprint density at radius 2 is 2.00 bits per heavy atom. The Kier molecular flexibility index (Phi) is 5.29. The van der Waals surface area contributed by atoms with Gasteiger partial charge in [0.05, 0.1) is 5.84 Å². The molecule has 92 valence electrons. The van der Waals surface area contributed by atoms with Crippen molar-refractivity contribution in [3.63, 3.8) is 0 Å². The van der Waals surface area contributed by atoms with Gasteiger partial charge in [0, 0.05) is 12.0 Å². The van der Waals surface area contributed by atoms with Crippen molar-refractivity contribution in [2.24, 2.45) is 16.6 Å². The van der Waals surface area contributed by atoms with Gasteiger partial charge in [-0.2, -0.15) is 0 Å². The summed E-state index contributed by atoms with van der Waals surface area (Å²) in [6.07, 6.45) is 6.03. The molecule has 0 heterocycles. The average Bonchev–Trinajstić information content (AvgIpc) is 2.26. The van der Waals surface area contributed by atoms with E-state index in [0.717, 1.165) is 12.8 Å². The molecule has 0 aromatic carbocycles. The molecule has 3 N–H and O–H groups in total. The van der Waals surface area contributed by atoms with Crippen molar-refractivity contribution in [3.8, 4) is 0 Å². The van der Waals surface area contributed by atoms with Crippen LogP contribution in [0.2, 0.25) is 0 Å². The van der Waals surface area contributed by atoms with Gasteiger partial charge in [0.2, 0.25) is 5.91 Å². The highest BCUT2D eigenvalue weighted by Gasteiger charge is 2.16. The average molecular weight is 225 g/mol. The van der Waals surface area contributed by atoms with Gasteiger partial charge in [-0.15, -0.1) is 0 Å². The molecule has 0 spiro atoms. The van der Waals surface area contributed by atoms with Crippen molar-refractivity contribution < 1.29 is 4.79 Å². The second kappa shape index (κ2) is 6.51. The predicted octanol–water partition coefficient (Wildman–Crippen LogP) is 1.45. The summed E-state index contributed by atoms with van der Waals surface area (Å²) in [4.78, 5) is 15.6. The first kappa shape index (κ1) is 13.0. The number of nitrogens with two attached hydrogens (primary N) is 1. The van der Waals surface area contributed by atoms with Crippen molar-refractivity contribution >= 4 is 11.7 Å². The number of nitrogens with zero attached hydrogens (tertiary/aromatic N) is 1. The van der Waals surface area contributed by atoms with E-state index in [1.165, 1.54) is 19.3 Å². The third kappa shape index (κ3) is 4.64. The molecule has 1 aliphatic carbocycles. The molecule has 0 radical (unpaired) electrons. The minimum Gasteiger partial charge on any atom is -0.387 e. The van der Waals surface area contributed by atoms with Gasteiger partial charge < -0.3 is 11.1 Å². The molecule has 1 aliphatic rings. The summed E-state index contributed by atoms with van der Waals surface area (Å²) in [6, 6.07) is 0.165. The van der Waals surface area contributed by atoms with Gasteiger partial charge in [-0.25, -0.2) is 0 Å². The zero-order valence-electron chi connectivity index (χ0n) is 10.3. The fraction of sp³-hybridized carbons (Fsp3) is 0.833. The number of nitrogens with one attached hydrogen (secondary N) is 1. The van der Waals surface area contributed by atoms with Crippen molar-refractivity contribution in [2.75, 3.05) is 6.54 Å². The molecular formula is C12H23N3O. The molecule has 1 amide bonds. The van der Waals surface area contributed by atoms with Gasteiger partial charge in [-0.3, -0.25) is 9.79 Å². The van der Waals surface area contributed by atoms with Crippen LogP contribution in [0.25, 0.3) is 0 Å². The van der Waals surface area contributed by atoms with Crippen LogP contribution in [0.5, 0.6) is 0 Å². The van der Waals surface area contributed by atoms with Crippen molar-refractivity contribution in [3.05, 3.63) is 0 Å². The van der Waals surface area contributed by atoms with Gasteiger partial charge in [-0.05, 0) is 26.7 Å². The number of carbonyl (C=O) groups is 1. The topological polar surface area (TPSA) is 67.5 Å². The van der Waals surface area contributed by atoms with Crippen LogP contribution in [0.4, 0.5) is 0 Å². The van der Waals surface area contributed by atoms with Gasteiger partial charge >= 0.3 is 0 Å². The zero-order valence-corrected chi connectivity index (χ0v) is 10.3. The first-order valence-electron chi connectivity index (χ1n) is 6.18. The number of hydrogen-bond acceptors (Lipinski definition) is 2. The van der Waals surface area contributed by atoms with E-state index in [4.69, 9.17) is 5.73 Å². The molecule has 0 aromatic rings. The van der Waals surface area contributed by atoms with E-state index < -0.39 is 0 Å². The summed E-state index contributed by atoms with van der Waals surface area (Å²) < 4.78 is 0. The largest absolute Gasteiger partial charge is 0.387 e. The lowest BCUT2D eigenvalue weighted by Crippen LogP contribution is -2.33. The highest BCUT2D eigenvalue weighted by atomic mass is 16.1. The van der Waals surface area contributed by atoms with Crippen LogP contribution in [0.1, 0.15) is 46.0 Å². The van der Waals surface area contributed by atoms with Crippen LogP contribution in [0, 0.1) is 5.92 Å². The van der Waals surface area contributed by atoms with Crippen LogP contribution in [-0.2, 0) is 4.79 Å². The fourth-order valence-corrected chi connectivity index (χ4v) is 2.06. The SMILES string of the molecule is CC(C)NC(=O)CN=C(N)C1CCCCC1. The molecule has 4 nitrogen and oxygen atoms in total. The lowest BCUT2D eigenvalue weighted by atomic mass is 9.88. The van der Waals surface area contributed by atoms with E-state index in [0.29, 0.717) is 11.8 Å². The smallest absolute Gasteiger partial charge is 0.241 e. The Morgan fingerprint density at radius 3 is 2.56 bits per heavy atom. The minimum atomic E-state index is -0.0474. The highest BCUT2D eigenvalue weighted by Crippen LogP contribution is 2.23. The Bertz CT molecular complexity index is 255. The Labute approximate surface area is 97.7 Å². The summed E-state index contributed by atoms with van der Waals surface area (Å²) in [6.45, 7) is 4.04. The van der Waals surface area contributed by atoms with Crippen molar-refractivity contribution in [1.29, 1.82) is 0 Å². The van der Waals surface area contributed by atoms with Gasteiger partial charge in [-0.1, -0.05) is 19.3 Å². The highest BCUT2D eigenvalue weighted by molar-refractivity contribution is 5.86. The zero-order chi connectivity index (χ0) is 12.0. The molecule has 1 saturated carbocycles. The lowest BCUT2D eigenvalue weighted by Gasteiger charge is -2.20. The van der Waals surface area contributed by atoms with Crippen molar-refractivity contribution in [1.82, 2.24) is 5.32 Å². The van der Waals surface area contributed by atoms with E-state index in [9.17, 15) is 4.79 Å². The number of hydrogen-bond donors (Lipinski definition) is 2. The summed E-state index contributed by atoms with van der Waals surface area (Å²) in [5, 5.41) is 2.80. The second-order valence-corrected chi connectivity index (χ2v) is 4.80. The summed E-state index contributed by atoms with van der Waals surface area (Å²) in [5.74, 6) is 1.02. The van der Waals surface area contributed by atoms with Crippen molar-refractivity contribution in [2.45, 2.75) is 52.0 Å². The quantitative estimate of drug-likeness (QED) is 0.561. The summed E-state index contributed by atoms with van der Waals surface area (Å²) in [5.41, 5.74) is 5.90. The molecule has 0 unspecified atom stereocenters. The fourth-order valence-electron chi connectivity index (χ4n) is 2.06. The first-order chi connectivity index (χ1) is 7.59. The third-order valence-electron chi connectivity index (χ3n) is 2.88. The Morgan fingerprint density at radius 1 is 1.38 bits per heavy atom. The Balaban J connectivity index is 2.34. The molecule has 0 saturated heterocycles. The van der Waals surface area contributed by atoms with Crippen LogP contribution in [0.15, 0.2) is 4.99 Å². The van der Waals surface area contributed by atoms with Crippen LogP contribution < -0.4 is 11.1 Å². The number of rotatable bonds is 4. The number of aliphatic imine (C=N–C) groups is 1. The predicted molar refractivity (Wildman–Crippen MR) is 66.3 cm³/mol. The van der Waals surface area contributed by atoms with E-state index in [1.54, 1.807) is 0 Å². The molecule has 1 rings (SSSR count). The van der Waals surface area contributed by atoms with E-state index >= 15 is 0 Å². The van der Waals surface area contributed by atoms with E-state index in [2.05, 4.69) is 10.3 Å². The van der Waals surface area contributed by atoms with E-state index in [-0.39, 0.29) is 18.5 Å². The van der Waals surface area contributed by atoms with Gasteiger partial charge in [0.1, 0.15) is 6.54 Å². The first-order valence-corrected chi connectivity index (χ1v) is 6.18. The lowest BCUT2D eigenvalue weighted by molar-refractivity contribution is -0.120. The maximum Gasteiger partial charge on any atom is 0.241 e. The van der Waals surface area contributed by atoms with Gasteiger partial charge in [0.15, 0.2) is 0 Å². The summed E-state index contributed by atoms with van der Waals surface area (Å²) in [7, 11) is 0. The number of amidine groups is 1. The molecule has 0 aromatic heterocycles. The monoisotopic (exact) mass is 225 g/mol. The third-order valence-corrected chi connectivity index (χ3v) is 2.88. The minimum absolute atomic E-state index is 0.0474. The number of carbonyl (C=O) groups excluding carboxylic acids is 1. The molecule has 16 heavy (non-hydrogen) atoms. The summed E-state index contributed by atoms with van der Waals surface area (Å²) >= 11 is 0. The molecular weight excluding hydrogens is 202 g/mol. The van der Waals surface area contributed by atoms with Crippen LogP contribution >= 0.6 is 0 Å². The van der Waals surface area contributed by atoms with Crippen LogP contribution in [0.3, 0.4) is 0 Å². The van der Waals surface area contributed by atoms with E-state index in [1.807, 2.05) is 13.8 Å². The molecule has 4 heteroatoms. The van der Waals surface area contributed by atoms with Gasteiger partial charge in [0.25, 0.3) is 0 Å². The second-order valence-electron chi connectivity index (χ2n) is 4.80. The maximum absolute atomic E-state index is 11.4. The molecule has 0 atom stereocenters. The maximum atomic E-state index is 11.4. The van der Waals surface area contributed by atoms with Crippen LogP contribution in [-0.4, -0.2) is 24.3 Å². The molecule has 0 bridgehead atoms. The molecule has 0 aliphatic heterocycles. The standard InChI is InChI=1S/C12H23N3O/c1-9(2)15-11(16)8-14-12(13)10-6-4-3-5-7-10/h9-10H,3-8H2,1-2H3,(H2,13,14)(H,15,16). The number of amides is 1. The Hall–Kier alpha value is -1.06. The normalized spacial score (nSPS) is 18.8.